The van der Waals surface area contributed by atoms with Gasteiger partial charge in [0.1, 0.15) is 6.61 Å². The van der Waals surface area contributed by atoms with Gasteiger partial charge in [0.25, 0.3) is 0 Å². The number of carbonyl (C=O) groups is 2. The van der Waals surface area contributed by atoms with Gasteiger partial charge in [0, 0.05) is 27.1 Å². The minimum atomic E-state index is -0.0839. The highest BCUT2D eigenvalue weighted by Gasteiger charge is 1.97. The van der Waals surface area contributed by atoms with E-state index in [2.05, 4.69) is 15.4 Å². The third-order valence-electron chi connectivity index (χ3n) is 1.83. The fraction of sp³-hybridized carbons (Fsp3) is 0.857. The molecule has 0 spiro atoms. The summed E-state index contributed by atoms with van der Waals surface area (Å²) in [5, 5.41) is 5.45. The van der Waals surface area contributed by atoms with Crippen molar-refractivity contribution >= 4 is 11.8 Å². The SMILES string of the molecule is CC.CC.COCC(=O)NCCCCCNC(C)=O. The first kappa shape index (κ1) is 23.0. The minimum absolute atomic E-state index is 0.00315. The van der Waals surface area contributed by atoms with E-state index in [1.165, 1.54) is 14.0 Å². The fourth-order valence-electron chi connectivity index (χ4n) is 1.10. The molecule has 2 amide bonds. The van der Waals surface area contributed by atoms with Crippen molar-refractivity contribution in [1.82, 2.24) is 10.6 Å². The topological polar surface area (TPSA) is 67.4 Å². The summed E-state index contributed by atoms with van der Waals surface area (Å²) in [7, 11) is 1.49. The zero-order chi connectivity index (χ0) is 15.5. The number of carbonyl (C=O) groups excluding carboxylic acids is 2. The molecule has 19 heavy (non-hydrogen) atoms. The van der Waals surface area contributed by atoms with Gasteiger partial charge in [-0.05, 0) is 19.3 Å². The number of ether oxygens (including phenoxy) is 1. The molecule has 0 atom stereocenters. The van der Waals surface area contributed by atoms with Gasteiger partial charge in [0.15, 0.2) is 0 Å². The highest BCUT2D eigenvalue weighted by molar-refractivity contribution is 5.77. The summed E-state index contributed by atoms with van der Waals surface area (Å²) in [6, 6.07) is 0. The molecule has 116 valence electrons. The Balaban J connectivity index is -0.000000579. The number of amides is 2. The summed E-state index contributed by atoms with van der Waals surface area (Å²) in [6.45, 7) is 11.0. The summed E-state index contributed by atoms with van der Waals surface area (Å²) in [4.78, 5) is 21.4. The van der Waals surface area contributed by atoms with Crippen LogP contribution in [0.1, 0.15) is 53.9 Å². The molecule has 5 nitrogen and oxygen atoms in total. The molecule has 0 aromatic carbocycles. The third-order valence-corrected chi connectivity index (χ3v) is 1.83. The normalized spacial score (nSPS) is 8.32. The molecule has 0 radical (unpaired) electrons. The Kier molecular flexibility index (Phi) is 26.8. The fourth-order valence-corrected chi connectivity index (χ4v) is 1.10. The number of nitrogens with one attached hydrogen (secondary N) is 2. The molecule has 0 fully saturated rings. The van der Waals surface area contributed by atoms with Crippen LogP contribution in [-0.2, 0) is 14.3 Å². The van der Waals surface area contributed by atoms with Crippen LogP contribution >= 0.6 is 0 Å². The second-order valence-electron chi connectivity index (χ2n) is 3.33. The number of methoxy groups -OCH3 is 1. The zero-order valence-electron chi connectivity index (χ0n) is 13.5. The van der Waals surface area contributed by atoms with E-state index in [1.54, 1.807) is 0 Å². The van der Waals surface area contributed by atoms with Gasteiger partial charge in [-0.1, -0.05) is 27.7 Å². The van der Waals surface area contributed by atoms with E-state index >= 15 is 0 Å². The molecule has 2 N–H and O–H groups in total. The van der Waals surface area contributed by atoms with E-state index in [1.807, 2.05) is 27.7 Å². The monoisotopic (exact) mass is 276 g/mol. The average Bonchev–Trinajstić information content (AvgIpc) is 2.42. The first-order chi connectivity index (χ1) is 9.16. The van der Waals surface area contributed by atoms with Gasteiger partial charge in [-0.25, -0.2) is 0 Å². The highest BCUT2D eigenvalue weighted by atomic mass is 16.5. The lowest BCUT2D eigenvalue weighted by Gasteiger charge is -2.04. The number of unbranched alkanes of at least 4 members (excludes halogenated alkanes) is 2. The van der Waals surface area contributed by atoms with Crippen LogP contribution in [-0.4, -0.2) is 38.6 Å². The van der Waals surface area contributed by atoms with Crippen LogP contribution in [0.3, 0.4) is 0 Å². The van der Waals surface area contributed by atoms with Crippen LogP contribution in [0.25, 0.3) is 0 Å². The maximum atomic E-state index is 10.9. The van der Waals surface area contributed by atoms with Crippen LogP contribution in [0.5, 0.6) is 0 Å². The molecule has 0 heterocycles. The second kappa shape index (κ2) is 22.1. The van der Waals surface area contributed by atoms with E-state index in [9.17, 15) is 9.59 Å². The first-order valence-corrected chi connectivity index (χ1v) is 7.17. The molecule has 0 aromatic rings. The Labute approximate surface area is 118 Å². The first-order valence-electron chi connectivity index (χ1n) is 7.17. The molecule has 0 unspecified atom stereocenters. The van der Waals surface area contributed by atoms with Crippen molar-refractivity contribution in [3.8, 4) is 0 Å². The maximum absolute atomic E-state index is 10.9. The van der Waals surface area contributed by atoms with Gasteiger partial charge in [-0.2, -0.15) is 0 Å². The van der Waals surface area contributed by atoms with Crippen molar-refractivity contribution < 1.29 is 14.3 Å². The number of hydrogen-bond acceptors (Lipinski definition) is 3. The predicted octanol–water partition coefficient (Wildman–Crippen LogP) is 2.11. The Morgan fingerprint density at radius 1 is 0.895 bits per heavy atom. The summed E-state index contributed by atoms with van der Waals surface area (Å²) in [6.07, 6.45) is 2.86. The van der Waals surface area contributed by atoms with Crippen LogP contribution in [0.15, 0.2) is 0 Å². The van der Waals surface area contributed by atoms with E-state index in [4.69, 9.17) is 0 Å². The van der Waals surface area contributed by atoms with Gasteiger partial charge in [0.05, 0.1) is 0 Å². The zero-order valence-corrected chi connectivity index (χ0v) is 13.5. The van der Waals surface area contributed by atoms with Crippen molar-refractivity contribution in [2.24, 2.45) is 0 Å². The van der Waals surface area contributed by atoms with E-state index in [0.717, 1.165) is 19.3 Å². The number of hydrogen-bond donors (Lipinski definition) is 2. The van der Waals surface area contributed by atoms with Crippen molar-refractivity contribution in [1.29, 1.82) is 0 Å². The van der Waals surface area contributed by atoms with Gasteiger partial charge in [0.2, 0.25) is 11.8 Å². The minimum Gasteiger partial charge on any atom is -0.375 e. The maximum Gasteiger partial charge on any atom is 0.245 e. The van der Waals surface area contributed by atoms with Gasteiger partial charge >= 0.3 is 0 Å². The van der Waals surface area contributed by atoms with Crippen molar-refractivity contribution in [2.45, 2.75) is 53.9 Å². The molecular weight excluding hydrogens is 244 g/mol. The third kappa shape index (κ3) is 26.5. The Morgan fingerprint density at radius 2 is 1.37 bits per heavy atom. The second-order valence-corrected chi connectivity index (χ2v) is 3.33. The van der Waals surface area contributed by atoms with E-state index < -0.39 is 0 Å². The van der Waals surface area contributed by atoms with Gasteiger partial charge < -0.3 is 15.4 Å². The molecule has 0 aliphatic carbocycles. The smallest absolute Gasteiger partial charge is 0.245 e. The summed E-state index contributed by atoms with van der Waals surface area (Å²) < 4.78 is 4.67. The lowest BCUT2D eigenvalue weighted by molar-refractivity contribution is -0.124. The molecule has 0 bridgehead atoms. The van der Waals surface area contributed by atoms with E-state index in [-0.39, 0.29) is 18.4 Å². The quantitative estimate of drug-likeness (QED) is 0.667. The molecule has 0 aliphatic heterocycles. The summed E-state index contributed by atoms with van der Waals surface area (Å²) >= 11 is 0. The van der Waals surface area contributed by atoms with Crippen LogP contribution < -0.4 is 10.6 Å². The molecule has 0 aliphatic rings. The Bertz CT molecular complexity index is 197. The Hall–Kier alpha value is -1.10. The highest BCUT2D eigenvalue weighted by Crippen LogP contribution is 1.92. The van der Waals surface area contributed by atoms with Crippen molar-refractivity contribution in [3.05, 3.63) is 0 Å². The standard InChI is InChI=1S/C10H20N2O3.2C2H6/c1-9(13)11-6-4-3-5-7-12-10(14)8-15-2;2*1-2/h3-8H2,1-2H3,(H,11,13)(H,12,14);2*1-2H3. The lowest BCUT2D eigenvalue weighted by Crippen LogP contribution is -2.28. The molecule has 5 heteroatoms. The van der Waals surface area contributed by atoms with Gasteiger partial charge in [-0.15, -0.1) is 0 Å². The van der Waals surface area contributed by atoms with Crippen LogP contribution in [0.2, 0.25) is 0 Å². The molecule has 0 aromatic heterocycles. The molecule has 0 saturated carbocycles. The Morgan fingerprint density at radius 3 is 1.79 bits per heavy atom. The summed E-state index contributed by atoms with van der Waals surface area (Å²) in [5.74, 6) is -0.0808. The van der Waals surface area contributed by atoms with Crippen LogP contribution in [0, 0.1) is 0 Å². The number of rotatable bonds is 8. The predicted molar refractivity (Wildman–Crippen MR) is 80.1 cm³/mol. The average molecular weight is 276 g/mol. The van der Waals surface area contributed by atoms with Crippen molar-refractivity contribution in [2.75, 3.05) is 26.8 Å². The van der Waals surface area contributed by atoms with Crippen LogP contribution in [0.4, 0.5) is 0 Å². The van der Waals surface area contributed by atoms with E-state index in [0.29, 0.717) is 13.1 Å². The molecular formula is C14H32N2O3. The lowest BCUT2D eigenvalue weighted by atomic mass is 10.2. The summed E-state index contributed by atoms with van der Waals surface area (Å²) in [5.41, 5.74) is 0. The van der Waals surface area contributed by atoms with Gasteiger partial charge in [-0.3, -0.25) is 9.59 Å². The molecule has 0 saturated heterocycles. The largest absolute Gasteiger partial charge is 0.375 e. The molecule has 0 rings (SSSR count). The van der Waals surface area contributed by atoms with Crippen molar-refractivity contribution in [3.63, 3.8) is 0 Å².